The summed E-state index contributed by atoms with van der Waals surface area (Å²) in [6, 6.07) is 4.58. The molecular weight excluding hydrogens is 260 g/mol. The average Bonchev–Trinajstić information content (AvgIpc) is 3.15. The van der Waals surface area contributed by atoms with Gasteiger partial charge in [-0.2, -0.15) is 0 Å². The van der Waals surface area contributed by atoms with Crippen LogP contribution in [-0.4, -0.2) is 34.9 Å². The fourth-order valence-corrected chi connectivity index (χ4v) is 2.71. The maximum atomic E-state index is 5.25. The smallest absolute Gasteiger partial charge is 0.223 e. The van der Waals surface area contributed by atoms with E-state index in [0.717, 1.165) is 34.6 Å². The maximum Gasteiger partial charge on any atom is 0.223 e. The van der Waals surface area contributed by atoms with Crippen molar-refractivity contribution in [3.63, 3.8) is 0 Å². The van der Waals surface area contributed by atoms with Gasteiger partial charge in [-0.05, 0) is 25.0 Å². The van der Waals surface area contributed by atoms with E-state index in [-0.39, 0.29) is 0 Å². The molecule has 1 aliphatic carbocycles. The number of nitrogens with zero attached hydrogens (tertiary/aromatic N) is 3. The van der Waals surface area contributed by atoms with E-state index in [1.165, 1.54) is 12.8 Å². The molecule has 1 saturated carbocycles. The van der Waals surface area contributed by atoms with Crippen LogP contribution >= 0.6 is 11.3 Å². The molecule has 0 atom stereocenters. The maximum absolute atomic E-state index is 5.25. The van der Waals surface area contributed by atoms with Crippen LogP contribution in [0.1, 0.15) is 17.8 Å². The fourth-order valence-electron chi connectivity index (χ4n) is 1.85. The minimum absolute atomic E-state index is 0.598. The third-order valence-corrected chi connectivity index (χ3v) is 4.03. The number of methoxy groups -OCH3 is 1. The molecule has 19 heavy (non-hydrogen) atoms. The summed E-state index contributed by atoms with van der Waals surface area (Å²) in [5.74, 6) is 0.598. The lowest BCUT2D eigenvalue weighted by Gasteiger charge is -2.02. The van der Waals surface area contributed by atoms with Crippen molar-refractivity contribution in [3.8, 4) is 16.5 Å². The van der Waals surface area contributed by atoms with Crippen LogP contribution in [0.15, 0.2) is 18.3 Å². The third kappa shape index (κ3) is 3.08. The summed E-state index contributed by atoms with van der Waals surface area (Å²) in [6.45, 7) is 0.976. The number of pyridine rings is 1. The molecule has 0 radical (unpaired) electrons. The first-order valence-electron chi connectivity index (χ1n) is 6.42. The SMILES string of the molecule is COc1ncccc1-c1nnc(CCNC2CC2)s1. The van der Waals surface area contributed by atoms with Crippen LogP contribution in [-0.2, 0) is 6.42 Å². The molecule has 0 spiro atoms. The van der Waals surface area contributed by atoms with Gasteiger partial charge in [-0.3, -0.25) is 0 Å². The van der Waals surface area contributed by atoms with Crippen LogP contribution in [0.25, 0.3) is 10.6 Å². The Hall–Kier alpha value is -1.53. The van der Waals surface area contributed by atoms with Crippen LogP contribution in [0.2, 0.25) is 0 Å². The van der Waals surface area contributed by atoms with Crippen molar-refractivity contribution in [2.75, 3.05) is 13.7 Å². The molecule has 0 aliphatic heterocycles. The van der Waals surface area contributed by atoms with Gasteiger partial charge in [0.05, 0.1) is 12.7 Å². The first-order chi connectivity index (χ1) is 9.36. The largest absolute Gasteiger partial charge is 0.480 e. The molecular formula is C13H16N4OS. The Bertz CT molecular complexity index is 553. The van der Waals surface area contributed by atoms with E-state index in [1.54, 1.807) is 24.6 Å². The van der Waals surface area contributed by atoms with Gasteiger partial charge < -0.3 is 10.1 Å². The zero-order valence-corrected chi connectivity index (χ0v) is 11.6. The van der Waals surface area contributed by atoms with Gasteiger partial charge in [0.25, 0.3) is 0 Å². The second-order valence-electron chi connectivity index (χ2n) is 4.54. The van der Waals surface area contributed by atoms with Gasteiger partial charge in [-0.15, -0.1) is 10.2 Å². The molecule has 1 aliphatic rings. The normalized spacial score (nSPS) is 14.6. The molecule has 0 aromatic carbocycles. The van der Waals surface area contributed by atoms with Gasteiger partial charge in [0.2, 0.25) is 5.88 Å². The van der Waals surface area contributed by atoms with E-state index in [2.05, 4.69) is 20.5 Å². The quantitative estimate of drug-likeness (QED) is 0.873. The van der Waals surface area contributed by atoms with Gasteiger partial charge in [0.15, 0.2) is 5.01 Å². The predicted octanol–water partition coefficient (Wildman–Crippen LogP) is 1.90. The highest BCUT2D eigenvalue weighted by molar-refractivity contribution is 7.14. The van der Waals surface area contributed by atoms with Crippen molar-refractivity contribution in [3.05, 3.63) is 23.3 Å². The third-order valence-electron chi connectivity index (χ3n) is 3.01. The molecule has 0 saturated heterocycles. The average molecular weight is 276 g/mol. The lowest BCUT2D eigenvalue weighted by molar-refractivity contribution is 0.399. The summed E-state index contributed by atoms with van der Waals surface area (Å²) >= 11 is 1.61. The Kier molecular flexibility index (Phi) is 3.70. The number of hydrogen-bond acceptors (Lipinski definition) is 6. The van der Waals surface area contributed by atoms with E-state index in [0.29, 0.717) is 5.88 Å². The lowest BCUT2D eigenvalue weighted by Crippen LogP contribution is -2.19. The molecule has 0 bridgehead atoms. The number of nitrogens with one attached hydrogen (secondary N) is 1. The first-order valence-corrected chi connectivity index (χ1v) is 7.23. The van der Waals surface area contributed by atoms with Crippen molar-refractivity contribution in [1.29, 1.82) is 0 Å². The summed E-state index contributed by atoms with van der Waals surface area (Å²) in [5, 5.41) is 13.9. The summed E-state index contributed by atoms with van der Waals surface area (Å²) < 4.78 is 5.25. The highest BCUT2D eigenvalue weighted by atomic mass is 32.1. The van der Waals surface area contributed by atoms with E-state index in [9.17, 15) is 0 Å². The van der Waals surface area contributed by atoms with Crippen LogP contribution in [0.5, 0.6) is 5.88 Å². The van der Waals surface area contributed by atoms with Gasteiger partial charge in [0, 0.05) is 25.2 Å². The van der Waals surface area contributed by atoms with E-state index in [1.807, 2.05) is 12.1 Å². The van der Waals surface area contributed by atoms with Gasteiger partial charge in [-0.25, -0.2) is 4.98 Å². The van der Waals surface area contributed by atoms with E-state index in [4.69, 9.17) is 4.74 Å². The van der Waals surface area contributed by atoms with Gasteiger partial charge >= 0.3 is 0 Å². The van der Waals surface area contributed by atoms with E-state index < -0.39 is 0 Å². The van der Waals surface area contributed by atoms with Crippen LogP contribution < -0.4 is 10.1 Å². The van der Waals surface area contributed by atoms with Crippen molar-refractivity contribution in [2.24, 2.45) is 0 Å². The Morgan fingerprint density at radius 2 is 2.32 bits per heavy atom. The zero-order valence-electron chi connectivity index (χ0n) is 10.8. The number of rotatable bonds is 6. The standard InChI is InChI=1S/C13H16N4OS/c1-18-12-10(3-2-7-15-12)13-17-16-11(19-13)6-8-14-9-4-5-9/h2-3,7,9,14H,4-6,8H2,1H3. The monoisotopic (exact) mass is 276 g/mol. The highest BCUT2D eigenvalue weighted by Crippen LogP contribution is 2.30. The number of ether oxygens (including phenoxy) is 1. The molecule has 1 fully saturated rings. The van der Waals surface area contributed by atoms with Gasteiger partial charge in [-0.1, -0.05) is 11.3 Å². The molecule has 2 aromatic heterocycles. The predicted molar refractivity (Wildman–Crippen MR) is 74.4 cm³/mol. The molecule has 2 aromatic rings. The molecule has 3 rings (SSSR count). The van der Waals surface area contributed by atoms with Crippen LogP contribution in [0, 0.1) is 0 Å². The summed E-state index contributed by atoms with van der Waals surface area (Å²) in [6.07, 6.45) is 5.27. The second kappa shape index (κ2) is 5.63. The van der Waals surface area contributed by atoms with Crippen molar-refractivity contribution < 1.29 is 4.74 Å². The Morgan fingerprint density at radius 1 is 1.42 bits per heavy atom. The highest BCUT2D eigenvalue weighted by Gasteiger charge is 2.20. The first kappa shape index (κ1) is 12.5. The molecule has 0 unspecified atom stereocenters. The Balaban J connectivity index is 1.68. The second-order valence-corrected chi connectivity index (χ2v) is 5.60. The summed E-state index contributed by atoms with van der Waals surface area (Å²) in [5.41, 5.74) is 0.906. The molecule has 0 amide bonds. The molecule has 1 N–H and O–H groups in total. The Labute approximate surface area is 116 Å². The summed E-state index contributed by atoms with van der Waals surface area (Å²) in [7, 11) is 1.62. The van der Waals surface area contributed by atoms with Crippen molar-refractivity contribution >= 4 is 11.3 Å². The Morgan fingerprint density at radius 3 is 3.11 bits per heavy atom. The molecule has 5 nitrogen and oxygen atoms in total. The van der Waals surface area contributed by atoms with Gasteiger partial charge in [0.1, 0.15) is 5.01 Å². The zero-order chi connectivity index (χ0) is 13.1. The van der Waals surface area contributed by atoms with Crippen molar-refractivity contribution in [1.82, 2.24) is 20.5 Å². The molecule has 100 valence electrons. The summed E-state index contributed by atoms with van der Waals surface area (Å²) in [4.78, 5) is 4.18. The number of aromatic nitrogens is 3. The molecule has 6 heteroatoms. The van der Waals surface area contributed by atoms with Crippen molar-refractivity contribution in [2.45, 2.75) is 25.3 Å². The number of hydrogen-bond donors (Lipinski definition) is 1. The lowest BCUT2D eigenvalue weighted by atomic mass is 10.3. The minimum atomic E-state index is 0.598. The molecule has 2 heterocycles. The minimum Gasteiger partial charge on any atom is -0.480 e. The van der Waals surface area contributed by atoms with Crippen LogP contribution in [0.4, 0.5) is 0 Å². The topological polar surface area (TPSA) is 59.9 Å². The van der Waals surface area contributed by atoms with Crippen LogP contribution in [0.3, 0.4) is 0 Å². The fraction of sp³-hybridized carbons (Fsp3) is 0.462. The van der Waals surface area contributed by atoms with E-state index >= 15 is 0 Å².